The first-order chi connectivity index (χ1) is 15.7. The van der Waals surface area contributed by atoms with Gasteiger partial charge in [0.15, 0.2) is 6.35 Å². The summed E-state index contributed by atoms with van der Waals surface area (Å²) in [4.78, 5) is 28.0. The third-order valence-electron chi connectivity index (χ3n) is 5.54. The fourth-order valence-electron chi connectivity index (χ4n) is 3.67. The van der Waals surface area contributed by atoms with Gasteiger partial charge < -0.3 is 14.2 Å². The maximum Gasteiger partial charge on any atom is 0.373 e. The van der Waals surface area contributed by atoms with Gasteiger partial charge in [0, 0.05) is 6.42 Å². The highest BCUT2D eigenvalue weighted by Crippen LogP contribution is 2.49. The Morgan fingerprint density at radius 3 is 2.33 bits per heavy atom. The second-order valence-corrected chi connectivity index (χ2v) is 11.6. The molecule has 1 heterocycles. The van der Waals surface area contributed by atoms with E-state index in [0.717, 1.165) is 29.1 Å². The third-order valence-corrected chi connectivity index (χ3v) is 7.85. The lowest BCUT2D eigenvalue weighted by molar-refractivity contribution is -0.156. The molecular weight excluding hydrogens is 469 g/mol. The van der Waals surface area contributed by atoms with E-state index in [2.05, 4.69) is 4.98 Å². The highest BCUT2D eigenvalue weighted by molar-refractivity contribution is 7.53. The molecule has 0 saturated heterocycles. The molecule has 1 atom stereocenters. The summed E-state index contributed by atoms with van der Waals surface area (Å²) in [7, 11) is -3.91. The molecule has 9 nitrogen and oxygen atoms in total. The smallest absolute Gasteiger partial charge is 0.373 e. The number of fused-ring (bicyclic) bond motifs is 2. The molecule has 1 saturated carbocycles. The molecule has 3 rings (SSSR count). The summed E-state index contributed by atoms with van der Waals surface area (Å²) in [5.74, 6) is -0.645. The Morgan fingerprint density at radius 1 is 1.09 bits per heavy atom. The fraction of sp³-hybridized carbons (Fsp3) is 0.682. The number of carbonyl (C=O) groups excluding carboxylic acids is 2. The molecule has 0 amide bonds. The quantitative estimate of drug-likeness (QED) is 0.255. The molecule has 0 radical (unpaired) electrons. The number of carbonyl (C=O) groups is 2. The molecule has 2 aliphatic rings. The monoisotopic (exact) mass is 501 g/mol. The predicted octanol–water partition coefficient (Wildman–Crippen LogP) is 3.51. The highest BCUT2D eigenvalue weighted by Gasteiger charge is 2.32. The molecule has 1 aromatic heterocycles. The molecule has 0 spiro atoms. The van der Waals surface area contributed by atoms with E-state index >= 15 is 0 Å². The summed E-state index contributed by atoms with van der Waals surface area (Å²) < 4.78 is 40.8. The Morgan fingerprint density at radius 2 is 1.73 bits per heavy atom. The Hall–Kier alpha value is -1.74. The van der Waals surface area contributed by atoms with Crippen LogP contribution in [0, 0.1) is 17.8 Å². The average molecular weight is 502 g/mol. The van der Waals surface area contributed by atoms with E-state index in [9.17, 15) is 14.2 Å². The number of rotatable bonds is 11. The Labute approximate surface area is 197 Å². The normalized spacial score (nSPS) is 18.2. The van der Waals surface area contributed by atoms with Crippen molar-refractivity contribution < 1.29 is 37.4 Å². The van der Waals surface area contributed by atoms with E-state index in [1.165, 1.54) is 23.3 Å². The van der Waals surface area contributed by atoms with E-state index in [1.807, 2.05) is 0 Å². The minimum absolute atomic E-state index is 0.361. The van der Waals surface area contributed by atoms with Crippen molar-refractivity contribution in [2.75, 3.05) is 19.9 Å². The molecule has 1 unspecified atom stereocenters. The van der Waals surface area contributed by atoms with Crippen LogP contribution in [0.1, 0.15) is 59.8 Å². The van der Waals surface area contributed by atoms with E-state index < -0.39 is 39.5 Å². The second-order valence-electron chi connectivity index (χ2n) is 8.74. The predicted molar refractivity (Wildman–Crippen MR) is 122 cm³/mol. The maximum absolute atomic E-state index is 13.3. The van der Waals surface area contributed by atoms with Crippen molar-refractivity contribution in [2.24, 2.45) is 17.8 Å². The van der Waals surface area contributed by atoms with Crippen molar-refractivity contribution in [3.8, 4) is 0 Å². The van der Waals surface area contributed by atoms with Crippen LogP contribution in [0.25, 0.3) is 11.3 Å². The molecular formula is C22H32NO8PS. The number of ether oxygens (including phenoxy) is 3. The lowest BCUT2D eigenvalue weighted by atomic mass is 9.80. The van der Waals surface area contributed by atoms with Gasteiger partial charge in [-0.1, -0.05) is 34.1 Å². The largest absolute Gasteiger partial charge is 0.484 e. The van der Waals surface area contributed by atoms with Crippen LogP contribution in [-0.2, 0) is 37.4 Å². The highest BCUT2D eigenvalue weighted by atomic mass is 32.1. The van der Waals surface area contributed by atoms with Gasteiger partial charge in [0.25, 0.3) is 0 Å². The second kappa shape index (κ2) is 11.6. The fourth-order valence-corrected chi connectivity index (χ4v) is 5.46. The molecule has 33 heavy (non-hydrogen) atoms. The molecule has 2 aliphatic carbocycles. The number of nitrogens with zero attached hydrogens (tertiary/aromatic N) is 1. The Balaban J connectivity index is 1.71. The number of esters is 2. The third kappa shape index (κ3) is 6.88. The zero-order chi connectivity index (χ0) is 24.0. The molecule has 0 aliphatic heterocycles. The molecule has 184 valence electrons. The molecule has 11 heteroatoms. The van der Waals surface area contributed by atoms with Gasteiger partial charge in [0.05, 0.1) is 27.2 Å². The number of hydrogen-bond acceptors (Lipinski definition) is 10. The average Bonchev–Trinajstić information content (AvgIpc) is 3.28. The van der Waals surface area contributed by atoms with E-state index in [1.54, 1.807) is 33.2 Å². The standard InChI is InChI=1S/C22H32NO8PS/c1-14(2)21(24)27-11-30-32(26,31-12-28-22(25)15(3)4)13-29-18-9-16-7-5-6-8-17(16)19-20(18)33-10-23-19/h10,14-16H,5-9,11-13H2,1-4H3. The van der Waals surface area contributed by atoms with Crippen molar-refractivity contribution in [3.63, 3.8) is 0 Å². The van der Waals surface area contributed by atoms with E-state index in [4.69, 9.17) is 23.3 Å². The van der Waals surface area contributed by atoms with Gasteiger partial charge in [-0.25, -0.2) is 4.98 Å². The zero-order valence-electron chi connectivity index (χ0n) is 19.5. The van der Waals surface area contributed by atoms with Gasteiger partial charge in [-0.05, 0) is 30.8 Å². The van der Waals surface area contributed by atoms with Gasteiger partial charge >= 0.3 is 19.5 Å². The number of hydrogen-bond donors (Lipinski definition) is 0. The van der Waals surface area contributed by atoms with Crippen molar-refractivity contribution in [2.45, 2.75) is 59.8 Å². The molecule has 0 bridgehead atoms. The van der Waals surface area contributed by atoms with Crippen LogP contribution in [-0.4, -0.2) is 36.9 Å². The van der Waals surface area contributed by atoms with Crippen LogP contribution in [0.3, 0.4) is 0 Å². The van der Waals surface area contributed by atoms with Crippen LogP contribution in [0.2, 0.25) is 0 Å². The van der Waals surface area contributed by atoms with Crippen LogP contribution < -0.4 is 9.88 Å². The first-order valence-electron chi connectivity index (χ1n) is 11.2. The summed E-state index contributed by atoms with van der Waals surface area (Å²) in [6.07, 6.45) is 4.74. The summed E-state index contributed by atoms with van der Waals surface area (Å²) >= 11 is 1.49. The van der Waals surface area contributed by atoms with Gasteiger partial charge in [-0.15, -0.1) is 11.3 Å². The van der Waals surface area contributed by atoms with Gasteiger partial charge in [-0.3, -0.25) is 23.2 Å². The van der Waals surface area contributed by atoms with E-state index in [-0.39, 0.29) is 11.8 Å². The first-order valence-corrected chi connectivity index (χ1v) is 13.8. The van der Waals surface area contributed by atoms with Crippen LogP contribution in [0.4, 0.5) is 0 Å². The minimum atomic E-state index is -3.91. The van der Waals surface area contributed by atoms with Crippen molar-refractivity contribution in [3.05, 3.63) is 15.4 Å². The van der Waals surface area contributed by atoms with Crippen LogP contribution in [0.15, 0.2) is 5.51 Å². The summed E-state index contributed by atoms with van der Waals surface area (Å²) in [6.45, 7) is 5.59. The van der Waals surface area contributed by atoms with Crippen molar-refractivity contribution in [1.82, 2.24) is 4.98 Å². The maximum atomic E-state index is 13.3. The van der Waals surface area contributed by atoms with Gasteiger partial charge in [0.2, 0.25) is 13.6 Å². The van der Waals surface area contributed by atoms with Crippen molar-refractivity contribution >= 4 is 42.2 Å². The van der Waals surface area contributed by atoms with Crippen molar-refractivity contribution in [1.29, 1.82) is 0 Å². The first kappa shape index (κ1) is 25.9. The van der Waals surface area contributed by atoms with Crippen LogP contribution >= 0.6 is 18.9 Å². The molecule has 1 fully saturated rings. The summed E-state index contributed by atoms with van der Waals surface area (Å²) in [6, 6.07) is 0. The zero-order valence-corrected chi connectivity index (χ0v) is 21.2. The molecule has 0 N–H and O–H groups in total. The summed E-state index contributed by atoms with van der Waals surface area (Å²) in [5.41, 5.74) is 3.17. The van der Waals surface area contributed by atoms with Gasteiger partial charge in [0.1, 0.15) is 5.76 Å². The summed E-state index contributed by atoms with van der Waals surface area (Å²) in [5, 5.41) is 0.972. The molecule has 0 aromatic carbocycles. The SMILES string of the molecule is CC(C)C(=O)OCOP(=O)(COC1=c2scnc2=C2CCCCC2C1)OCOC(=O)C(C)C. The number of aromatic nitrogens is 1. The Bertz CT molecular complexity index is 988. The Kier molecular flexibility index (Phi) is 9.09. The minimum Gasteiger partial charge on any atom is -0.484 e. The number of thiazole rings is 1. The van der Waals surface area contributed by atoms with Gasteiger partial charge in [-0.2, -0.15) is 0 Å². The molecule has 1 aromatic rings. The topological polar surface area (TPSA) is 110 Å². The van der Waals surface area contributed by atoms with E-state index in [0.29, 0.717) is 18.1 Å². The van der Waals surface area contributed by atoms with Crippen LogP contribution in [0.5, 0.6) is 0 Å². The lowest BCUT2D eigenvalue weighted by Gasteiger charge is -2.28. The lowest BCUT2D eigenvalue weighted by Crippen LogP contribution is -2.35.